The van der Waals surface area contributed by atoms with Crippen LogP contribution in [0.25, 0.3) is 0 Å². The molecule has 0 aliphatic heterocycles. The van der Waals surface area contributed by atoms with Crippen molar-refractivity contribution in [2.45, 2.75) is 64.9 Å². The van der Waals surface area contributed by atoms with E-state index in [1.165, 1.54) is 45.6 Å². The lowest BCUT2D eigenvalue weighted by Crippen LogP contribution is -2.11. The predicted octanol–water partition coefficient (Wildman–Crippen LogP) is 2.94. The van der Waals surface area contributed by atoms with Crippen molar-refractivity contribution in [3.63, 3.8) is 0 Å². The van der Waals surface area contributed by atoms with Gasteiger partial charge in [0.25, 0.3) is 0 Å². The third kappa shape index (κ3) is 24.7. The van der Waals surface area contributed by atoms with Gasteiger partial charge < -0.3 is 19.3 Å². The van der Waals surface area contributed by atoms with Gasteiger partial charge in [0, 0.05) is 14.2 Å². The minimum atomic E-state index is -0.324. The molecule has 128 valence electrons. The highest BCUT2D eigenvalue weighted by atomic mass is 16.6. The summed E-state index contributed by atoms with van der Waals surface area (Å²) in [4.78, 5) is 10.5. The molecule has 1 aliphatic carbocycles. The third-order valence-corrected chi connectivity index (χ3v) is 2.64. The van der Waals surface area contributed by atoms with Crippen molar-refractivity contribution in [2.24, 2.45) is 0 Å². The molecule has 1 N–H and O–H groups in total. The standard InChI is InChI=1S/C6H12O3.C6H12.C4H10O2/c1-3-4-9-6(7)5-8-2;1-2-4-6-5-3-1;1-4(5)3-6-2/h3-5H2,1-2H3;1-6H2;4-5H,3H2,1-2H3. The van der Waals surface area contributed by atoms with Gasteiger partial charge in [0.05, 0.1) is 19.3 Å². The number of aliphatic hydroxyl groups excluding tert-OH is 1. The van der Waals surface area contributed by atoms with E-state index in [2.05, 4.69) is 14.2 Å². The summed E-state index contributed by atoms with van der Waals surface area (Å²) in [6.45, 7) is 4.60. The molecule has 1 atom stereocenters. The first-order chi connectivity index (χ1) is 10.1. The zero-order chi connectivity index (χ0) is 16.3. The molecule has 1 aliphatic rings. The van der Waals surface area contributed by atoms with E-state index in [0.717, 1.165) is 6.42 Å². The zero-order valence-electron chi connectivity index (χ0n) is 14.2. The summed E-state index contributed by atoms with van der Waals surface area (Å²) in [5.41, 5.74) is 0. The van der Waals surface area contributed by atoms with E-state index in [-0.39, 0.29) is 18.7 Å². The summed E-state index contributed by atoms with van der Waals surface area (Å²) in [6, 6.07) is 0. The molecule has 0 spiro atoms. The van der Waals surface area contributed by atoms with Gasteiger partial charge in [0.1, 0.15) is 6.61 Å². The Hall–Kier alpha value is -0.650. The van der Waals surface area contributed by atoms with Gasteiger partial charge >= 0.3 is 5.97 Å². The fourth-order valence-electron chi connectivity index (χ4n) is 1.68. The normalized spacial score (nSPS) is 14.9. The average molecular weight is 306 g/mol. The van der Waals surface area contributed by atoms with Crippen LogP contribution in [0.5, 0.6) is 0 Å². The molecule has 21 heavy (non-hydrogen) atoms. The molecule has 5 nitrogen and oxygen atoms in total. The predicted molar refractivity (Wildman–Crippen MR) is 84.4 cm³/mol. The molecule has 0 aromatic carbocycles. The van der Waals surface area contributed by atoms with E-state index in [4.69, 9.17) is 5.11 Å². The summed E-state index contributed by atoms with van der Waals surface area (Å²) in [7, 11) is 3.03. The van der Waals surface area contributed by atoms with E-state index < -0.39 is 0 Å². The third-order valence-electron chi connectivity index (χ3n) is 2.64. The second kappa shape index (κ2) is 19.4. The van der Waals surface area contributed by atoms with Crippen molar-refractivity contribution in [2.75, 3.05) is 34.0 Å². The van der Waals surface area contributed by atoms with Crippen LogP contribution in [0.2, 0.25) is 0 Å². The van der Waals surface area contributed by atoms with Gasteiger partial charge in [-0.1, -0.05) is 45.4 Å². The molecule has 1 unspecified atom stereocenters. The van der Waals surface area contributed by atoms with Crippen LogP contribution in [-0.2, 0) is 19.0 Å². The first-order valence-electron chi connectivity index (χ1n) is 7.90. The number of methoxy groups -OCH3 is 2. The maximum Gasteiger partial charge on any atom is 0.332 e. The van der Waals surface area contributed by atoms with Gasteiger partial charge in [-0.25, -0.2) is 4.79 Å². The minimum absolute atomic E-state index is 0.0556. The van der Waals surface area contributed by atoms with Gasteiger partial charge in [-0.15, -0.1) is 0 Å². The van der Waals surface area contributed by atoms with Crippen molar-refractivity contribution in [1.82, 2.24) is 0 Å². The highest BCUT2D eigenvalue weighted by molar-refractivity contribution is 5.70. The Balaban J connectivity index is 0. The molecule has 0 heterocycles. The highest BCUT2D eigenvalue weighted by Crippen LogP contribution is 2.15. The fourth-order valence-corrected chi connectivity index (χ4v) is 1.68. The van der Waals surface area contributed by atoms with Crippen LogP contribution in [0.3, 0.4) is 0 Å². The molecule has 1 fully saturated rings. The van der Waals surface area contributed by atoms with Crippen molar-refractivity contribution in [3.05, 3.63) is 0 Å². The zero-order valence-corrected chi connectivity index (χ0v) is 14.2. The minimum Gasteiger partial charge on any atom is -0.464 e. The molecule has 1 saturated carbocycles. The quantitative estimate of drug-likeness (QED) is 0.764. The second-order valence-corrected chi connectivity index (χ2v) is 5.08. The van der Waals surface area contributed by atoms with Gasteiger partial charge in [-0.3, -0.25) is 0 Å². The van der Waals surface area contributed by atoms with Crippen molar-refractivity contribution >= 4 is 5.97 Å². The number of hydrogen-bond acceptors (Lipinski definition) is 5. The SMILES string of the molecule is C1CCCCC1.CCCOC(=O)COC.COCC(C)O. The number of carbonyl (C=O) groups excluding carboxylic acids is 1. The van der Waals surface area contributed by atoms with Crippen LogP contribution >= 0.6 is 0 Å². The van der Waals surface area contributed by atoms with Crippen molar-refractivity contribution < 1.29 is 24.1 Å². The van der Waals surface area contributed by atoms with Gasteiger partial charge in [0.15, 0.2) is 0 Å². The van der Waals surface area contributed by atoms with Gasteiger partial charge in [-0.2, -0.15) is 0 Å². The van der Waals surface area contributed by atoms with Crippen LogP contribution in [0.15, 0.2) is 0 Å². The van der Waals surface area contributed by atoms with Crippen LogP contribution in [-0.4, -0.2) is 51.2 Å². The lowest BCUT2D eigenvalue weighted by atomic mass is 10.0. The molecule has 0 aromatic heterocycles. The smallest absolute Gasteiger partial charge is 0.332 e. The van der Waals surface area contributed by atoms with Gasteiger partial charge in [-0.05, 0) is 13.3 Å². The molecule has 0 saturated heterocycles. The number of esters is 1. The summed E-state index contributed by atoms with van der Waals surface area (Å²) < 4.78 is 13.7. The van der Waals surface area contributed by atoms with Crippen molar-refractivity contribution in [3.8, 4) is 0 Å². The molecular formula is C16H34O5. The first kappa shape index (κ1) is 22.6. The Kier molecular flexibility index (Phi) is 20.9. The summed E-state index contributed by atoms with van der Waals surface area (Å²) in [5.74, 6) is -0.292. The number of hydrogen-bond donors (Lipinski definition) is 1. The maximum atomic E-state index is 10.5. The molecule has 5 heteroatoms. The first-order valence-corrected chi connectivity index (χ1v) is 7.90. The summed E-state index contributed by atoms with van der Waals surface area (Å²) >= 11 is 0. The maximum absolute atomic E-state index is 10.5. The molecule has 0 amide bonds. The second-order valence-electron chi connectivity index (χ2n) is 5.08. The molecule has 1 rings (SSSR count). The number of rotatable bonds is 6. The Bertz CT molecular complexity index is 191. The van der Waals surface area contributed by atoms with E-state index >= 15 is 0 Å². The van der Waals surface area contributed by atoms with Crippen LogP contribution < -0.4 is 0 Å². The van der Waals surface area contributed by atoms with Crippen LogP contribution in [0.4, 0.5) is 0 Å². The topological polar surface area (TPSA) is 65.0 Å². The Labute approximate surface area is 130 Å². The lowest BCUT2D eigenvalue weighted by molar-refractivity contribution is -0.147. The molecule has 0 bridgehead atoms. The highest BCUT2D eigenvalue weighted by Gasteiger charge is 1.97. The molecule has 0 aromatic rings. The average Bonchev–Trinajstić information content (AvgIpc) is 2.48. The number of aliphatic hydroxyl groups is 1. The number of carbonyl (C=O) groups is 1. The lowest BCUT2D eigenvalue weighted by Gasteiger charge is -2.05. The summed E-state index contributed by atoms with van der Waals surface area (Å²) in [6.07, 6.45) is 9.53. The Morgan fingerprint density at radius 2 is 1.52 bits per heavy atom. The molecule has 0 radical (unpaired) electrons. The monoisotopic (exact) mass is 306 g/mol. The Morgan fingerprint density at radius 1 is 1.05 bits per heavy atom. The fraction of sp³-hybridized carbons (Fsp3) is 0.938. The van der Waals surface area contributed by atoms with Crippen LogP contribution in [0.1, 0.15) is 58.8 Å². The van der Waals surface area contributed by atoms with E-state index in [1.807, 2.05) is 6.92 Å². The van der Waals surface area contributed by atoms with Crippen molar-refractivity contribution in [1.29, 1.82) is 0 Å². The van der Waals surface area contributed by atoms with E-state index in [9.17, 15) is 4.79 Å². The van der Waals surface area contributed by atoms with E-state index in [0.29, 0.717) is 13.2 Å². The largest absolute Gasteiger partial charge is 0.464 e. The van der Waals surface area contributed by atoms with E-state index in [1.54, 1.807) is 14.0 Å². The molecular weight excluding hydrogens is 272 g/mol. The number of ether oxygens (including phenoxy) is 3. The van der Waals surface area contributed by atoms with Crippen LogP contribution in [0, 0.1) is 0 Å². The Morgan fingerprint density at radius 3 is 1.76 bits per heavy atom. The van der Waals surface area contributed by atoms with Gasteiger partial charge in [0.2, 0.25) is 0 Å². The summed E-state index contributed by atoms with van der Waals surface area (Å²) in [5, 5.41) is 8.43.